The van der Waals surface area contributed by atoms with Gasteiger partial charge in [0.25, 0.3) is 0 Å². The van der Waals surface area contributed by atoms with Crippen LogP contribution in [0, 0.1) is 18.8 Å². The van der Waals surface area contributed by atoms with Gasteiger partial charge in [-0.2, -0.15) is 13.2 Å². The minimum atomic E-state index is -4.27. The fourth-order valence-corrected chi connectivity index (χ4v) is 2.37. The Morgan fingerprint density at radius 1 is 1.43 bits per heavy atom. The molecule has 9 heteroatoms. The predicted octanol–water partition coefficient (Wildman–Crippen LogP) is 1.30. The monoisotopic (exact) mass is 305 g/mol. The molecular formula is C12H14F3N3O3. The van der Waals surface area contributed by atoms with Crippen LogP contribution in [0.5, 0.6) is 0 Å². The van der Waals surface area contributed by atoms with Gasteiger partial charge in [-0.05, 0) is 6.42 Å². The summed E-state index contributed by atoms with van der Waals surface area (Å²) in [5.41, 5.74) is 0. The summed E-state index contributed by atoms with van der Waals surface area (Å²) in [5.74, 6) is -2.01. The zero-order chi connectivity index (χ0) is 15.2. The molecule has 1 aromatic heterocycles. The van der Waals surface area contributed by atoms with Gasteiger partial charge in [0.05, 0.1) is 17.9 Å². The fourth-order valence-electron chi connectivity index (χ4n) is 2.37. The number of carbonyl (C=O) groups is 1. The number of nitrogens with zero attached hydrogens (tertiary/aromatic N) is 3. The van der Waals surface area contributed by atoms with Crippen LogP contribution in [-0.4, -0.2) is 46.4 Å². The first-order chi connectivity index (χ1) is 9.84. The standard InChI is InChI=1S/C12H14F3N3O3/c1-6-16-17-10(21-6)5-20-7-3-18(4-7)11(19)8-2-9(8)12(13,14)15/h7-9H,2-5H2,1H3/t8-,9-/m1/s1. The van der Waals surface area contributed by atoms with Crippen molar-refractivity contribution in [2.75, 3.05) is 13.1 Å². The van der Waals surface area contributed by atoms with Crippen molar-refractivity contribution in [1.29, 1.82) is 0 Å². The fraction of sp³-hybridized carbons (Fsp3) is 0.750. The summed E-state index contributed by atoms with van der Waals surface area (Å²) in [7, 11) is 0. The molecule has 1 saturated carbocycles. The summed E-state index contributed by atoms with van der Waals surface area (Å²) in [6, 6.07) is 0. The van der Waals surface area contributed by atoms with Crippen LogP contribution < -0.4 is 0 Å². The number of hydrogen-bond donors (Lipinski definition) is 0. The molecule has 2 fully saturated rings. The molecule has 6 nitrogen and oxygen atoms in total. The second kappa shape index (κ2) is 4.97. The molecule has 0 N–H and O–H groups in total. The van der Waals surface area contributed by atoms with Gasteiger partial charge in [-0.3, -0.25) is 4.79 Å². The van der Waals surface area contributed by atoms with Gasteiger partial charge >= 0.3 is 6.18 Å². The van der Waals surface area contributed by atoms with Crippen molar-refractivity contribution in [2.24, 2.45) is 11.8 Å². The van der Waals surface area contributed by atoms with E-state index in [1.807, 2.05) is 0 Å². The number of alkyl halides is 3. The van der Waals surface area contributed by atoms with Crippen molar-refractivity contribution < 1.29 is 27.1 Å². The summed E-state index contributed by atoms with van der Waals surface area (Å²) < 4.78 is 47.8. The maximum atomic E-state index is 12.4. The van der Waals surface area contributed by atoms with E-state index in [2.05, 4.69) is 10.2 Å². The quantitative estimate of drug-likeness (QED) is 0.839. The predicted molar refractivity (Wildman–Crippen MR) is 61.8 cm³/mol. The maximum Gasteiger partial charge on any atom is 0.392 e. The topological polar surface area (TPSA) is 68.5 Å². The first-order valence-corrected chi connectivity index (χ1v) is 6.60. The van der Waals surface area contributed by atoms with Crippen LogP contribution in [0.2, 0.25) is 0 Å². The molecule has 2 atom stereocenters. The van der Waals surface area contributed by atoms with Gasteiger partial charge in [0.2, 0.25) is 17.7 Å². The Morgan fingerprint density at radius 3 is 2.67 bits per heavy atom. The highest BCUT2D eigenvalue weighted by molar-refractivity contribution is 5.82. The average molecular weight is 305 g/mol. The molecule has 1 aromatic rings. The Bertz CT molecular complexity index is 539. The van der Waals surface area contributed by atoms with Crippen molar-refractivity contribution >= 4 is 5.91 Å². The van der Waals surface area contributed by atoms with E-state index in [0.29, 0.717) is 24.9 Å². The number of hydrogen-bond acceptors (Lipinski definition) is 5. The second-order valence-electron chi connectivity index (χ2n) is 5.38. The normalized spacial score (nSPS) is 25.8. The molecule has 0 spiro atoms. The summed E-state index contributed by atoms with van der Waals surface area (Å²) in [6.07, 6.45) is -4.55. The molecule has 0 aromatic carbocycles. The molecule has 1 amide bonds. The van der Waals surface area contributed by atoms with E-state index in [1.165, 1.54) is 4.90 Å². The van der Waals surface area contributed by atoms with E-state index >= 15 is 0 Å². The Balaban J connectivity index is 1.39. The van der Waals surface area contributed by atoms with E-state index < -0.39 is 23.9 Å². The molecule has 21 heavy (non-hydrogen) atoms. The third-order valence-electron chi connectivity index (χ3n) is 3.70. The molecule has 0 radical (unpaired) electrons. The zero-order valence-electron chi connectivity index (χ0n) is 11.3. The molecular weight excluding hydrogens is 291 g/mol. The highest BCUT2D eigenvalue weighted by Crippen LogP contribution is 2.51. The molecule has 1 aliphatic heterocycles. The van der Waals surface area contributed by atoms with E-state index in [9.17, 15) is 18.0 Å². The van der Waals surface area contributed by atoms with Crippen LogP contribution in [0.1, 0.15) is 18.2 Å². The molecule has 2 heterocycles. The van der Waals surface area contributed by atoms with Crippen LogP contribution in [-0.2, 0) is 16.1 Å². The van der Waals surface area contributed by atoms with Crippen LogP contribution in [0.15, 0.2) is 4.42 Å². The van der Waals surface area contributed by atoms with Crippen molar-refractivity contribution in [2.45, 2.75) is 32.2 Å². The van der Waals surface area contributed by atoms with Gasteiger partial charge in [0.15, 0.2) is 0 Å². The Hall–Kier alpha value is -1.64. The van der Waals surface area contributed by atoms with Crippen molar-refractivity contribution in [3.05, 3.63) is 11.8 Å². The van der Waals surface area contributed by atoms with Gasteiger partial charge < -0.3 is 14.1 Å². The Labute approximate surface area is 118 Å². The number of ether oxygens (including phenoxy) is 1. The van der Waals surface area contributed by atoms with Gasteiger partial charge in [-0.25, -0.2) is 0 Å². The largest absolute Gasteiger partial charge is 0.423 e. The summed E-state index contributed by atoms with van der Waals surface area (Å²) in [4.78, 5) is 13.2. The number of aryl methyl sites for hydroxylation is 1. The molecule has 1 saturated heterocycles. The minimum Gasteiger partial charge on any atom is -0.423 e. The molecule has 0 bridgehead atoms. The molecule has 1 aliphatic carbocycles. The number of amides is 1. The Kier molecular flexibility index (Phi) is 3.39. The zero-order valence-corrected chi connectivity index (χ0v) is 11.3. The number of carbonyl (C=O) groups excluding carboxylic acids is 1. The van der Waals surface area contributed by atoms with Crippen LogP contribution in [0.4, 0.5) is 13.2 Å². The molecule has 3 rings (SSSR count). The van der Waals surface area contributed by atoms with E-state index in [4.69, 9.17) is 9.15 Å². The molecule has 0 unspecified atom stereocenters. The van der Waals surface area contributed by atoms with Crippen LogP contribution >= 0.6 is 0 Å². The summed E-state index contributed by atoms with van der Waals surface area (Å²) in [5, 5.41) is 7.40. The highest BCUT2D eigenvalue weighted by Gasteiger charge is 2.60. The molecule has 116 valence electrons. The second-order valence-corrected chi connectivity index (χ2v) is 5.38. The van der Waals surface area contributed by atoms with Gasteiger partial charge in [0, 0.05) is 20.0 Å². The number of aromatic nitrogens is 2. The lowest BCUT2D eigenvalue weighted by Gasteiger charge is -2.38. The van der Waals surface area contributed by atoms with E-state index in [0.717, 1.165) is 0 Å². The number of likely N-dealkylation sites (tertiary alicyclic amines) is 1. The Morgan fingerprint density at radius 2 is 2.14 bits per heavy atom. The van der Waals surface area contributed by atoms with E-state index in [1.54, 1.807) is 6.92 Å². The summed E-state index contributed by atoms with van der Waals surface area (Å²) in [6.45, 7) is 2.43. The highest BCUT2D eigenvalue weighted by atomic mass is 19.4. The first-order valence-electron chi connectivity index (χ1n) is 6.60. The van der Waals surface area contributed by atoms with Crippen LogP contribution in [0.25, 0.3) is 0 Å². The van der Waals surface area contributed by atoms with Gasteiger partial charge in [-0.1, -0.05) is 0 Å². The third kappa shape index (κ3) is 3.02. The lowest BCUT2D eigenvalue weighted by molar-refractivity contribution is -0.163. The van der Waals surface area contributed by atoms with Crippen molar-refractivity contribution in [3.63, 3.8) is 0 Å². The van der Waals surface area contributed by atoms with E-state index in [-0.39, 0.29) is 19.1 Å². The summed E-state index contributed by atoms with van der Waals surface area (Å²) >= 11 is 0. The van der Waals surface area contributed by atoms with Crippen molar-refractivity contribution in [3.8, 4) is 0 Å². The van der Waals surface area contributed by atoms with Crippen molar-refractivity contribution in [1.82, 2.24) is 15.1 Å². The average Bonchev–Trinajstić information content (AvgIpc) is 3.05. The minimum absolute atomic E-state index is 0.0916. The smallest absolute Gasteiger partial charge is 0.392 e. The molecule has 2 aliphatic rings. The lowest BCUT2D eigenvalue weighted by atomic mass is 10.1. The maximum absolute atomic E-state index is 12.4. The van der Waals surface area contributed by atoms with Gasteiger partial charge in [0.1, 0.15) is 6.61 Å². The SMILES string of the molecule is Cc1nnc(COC2CN(C(=O)[C@@H]3C[C@H]3C(F)(F)F)C2)o1. The number of rotatable bonds is 4. The van der Waals surface area contributed by atoms with Crippen LogP contribution in [0.3, 0.4) is 0 Å². The lowest BCUT2D eigenvalue weighted by Crippen LogP contribution is -2.55. The first kappa shape index (κ1) is 14.3. The van der Waals surface area contributed by atoms with Gasteiger partial charge in [-0.15, -0.1) is 10.2 Å². The third-order valence-corrected chi connectivity index (χ3v) is 3.70. The number of halogens is 3.